The highest BCUT2D eigenvalue weighted by Gasteiger charge is 2.24. The summed E-state index contributed by atoms with van der Waals surface area (Å²) in [6.45, 7) is 4.50. The number of carbonyl (C=O) groups excluding carboxylic acids is 1. The number of fused-ring (bicyclic) bond motifs is 1. The molecule has 1 aliphatic rings. The number of benzene rings is 1. The van der Waals surface area contributed by atoms with Crippen LogP contribution < -0.4 is 10.1 Å². The van der Waals surface area contributed by atoms with Crippen molar-refractivity contribution in [2.45, 2.75) is 26.3 Å². The number of H-pyrrole nitrogens is 1. The predicted molar refractivity (Wildman–Crippen MR) is 96.8 cm³/mol. The molecule has 0 bridgehead atoms. The second-order valence-corrected chi connectivity index (χ2v) is 6.80. The first kappa shape index (κ1) is 17.5. The van der Waals surface area contributed by atoms with Gasteiger partial charge < -0.3 is 15.0 Å². The highest BCUT2D eigenvalue weighted by atomic mass is 16.5. The fourth-order valence-corrected chi connectivity index (χ4v) is 3.36. The molecular weight excluding hydrogens is 316 g/mol. The van der Waals surface area contributed by atoms with Gasteiger partial charge in [0.2, 0.25) is 0 Å². The highest BCUT2D eigenvalue weighted by Crippen LogP contribution is 2.18. The third kappa shape index (κ3) is 4.02. The zero-order valence-corrected chi connectivity index (χ0v) is 15.1. The van der Waals surface area contributed by atoms with E-state index in [0.29, 0.717) is 24.7 Å². The summed E-state index contributed by atoms with van der Waals surface area (Å²) in [6.07, 6.45) is 1.81. The van der Waals surface area contributed by atoms with E-state index in [1.807, 2.05) is 19.2 Å². The van der Waals surface area contributed by atoms with E-state index >= 15 is 0 Å². The van der Waals surface area contributed by atoms with Crippen LogP contribution in [-0.4, -0.2) is 48.3 Å². The SMILES string of the molecule is COc1ccc(C[C@@H](C)CN(C)C(=O)c2n[nH]c3c2CNCC3)cc1. The Hall–Kier alpha value is -2.34. The maximum Gasteiger partial charge on any atom is 0.274 e. The molecule has 0 radical (unpaired) electrons. The summed E-state index contributed by atoms with van der Waals surface area (Å²) in [5, 5.41) is 10.6. The summed E-state index contributed by atoms with van der Waals surface area (Å²) in [6, 6.07) is 8.10. The van der Waals surface area contributed by atoms with Gasteiger partial charge in [0, 0.05) is 44.4 Å². The molecule has 1 atom stereocenters. The molecule has 6 nitrogen and oxygen atoms in total. The number of amides is 1. The maximum atomic E-state index is 12.7. The molecule has 6 heteroatoms. The smallest absolute Gasteiger partial charge is 0.274 e. The molecule has 1 aromatic carbocycles. The molecule has 1 amide bonds. The molecule has 0 fully saturated rings. The fraction of sp³-hybridized carbons (Fsp3) is 0.474. The number of rotatable bonds is 6. The van der Waals surface area contributed by atoms with E-state index in [9.17, 15) is 4.79 Å². The van der Waals surface area contributed by atoms with Crippen molar-refractivity contribution in [3.8, 4) is 5.75 Å². The van der Waals surface area contributed by atoms with E-state index in [1.54, 1.807) is 12.0 Å². The number of nitrogens with one attached hydrogen (secondary N) is 2. The highest BCUT2D eigenvalue weighted by molar-refractivity contribution is 5.93. The van der Waals surface area contributed by atoms with Crippen LogP contribution in [0, 0.1) is 5.92 Å². The molecular formula is C19H26N4O2. The molecule has 1 aromatic heterocycles. The summed E-state index contributed by atoms with van der Waals surface area (Å²) in [4.78, 5) is 14.5. The lowest BCUT2D eigenvalue weighted by atomic mass is 10.00. The molecule has 3 rings (SSSR count). The van der Waals surface area contributed by atoms with Crippen LogP contribution in [0.2, 0.25) is 0 Å². The van der Waals surface area contributed by atoms with Crippen molar-refractivity contribution in [2.24, 2.45) is 5.92 Å². The fourth-order valence-electron chi connectivity index (χ4n) is 3.36. The molecule has 1 aliphatic heterocycles. The lowest BCUT2D eigenvalue weighted by Crippen LogP contribution is -2.33. The quantitative estimate of drug-likeness (QED) is 0.843. The van der Waals surface area contributed by atoms with E-state index in [0.717, 1.165) is 36.4 Å². The number of nitrogens with zero attached hydrogens (tertiary/aromatic N) is 2. The maximum absolute atomic E-state index is 12.7. The minimum absolute atomic E-state index is 0.0113. The van der Waals surface area contributed by atoms with Crippen LogP contribution >= 0.6 is 0 Å². The van der Waals surface area contributed by atoms with Gasteiger partial charge in [0.25, 0.3) is 5.91 Å². The Bertz CT molecular complexity index is 724. The summed E-state index contributed by atoms with van der Waals surface area (Å²) in [5.41, 5.74) is 3.91. The van der Waals surface area contributed by atoms with Crippen LogP contribution in [0.4, 0.5) is 0 Å². The molecule has 0 saturated carbocycles. The van der Waals surface area contributed by atoms with Gasteiger partial charge in [0.05, 0.1) is 7.11 Å². The van der Waals surface area contributed by atoms with Crippen molar-refractivity contribution in [3.05, 3.63) is 46.8 Å². The van der Waals surface area contributed by atoms with Crippen molar-refractivity contribution < 1.29 is 9.53 Å². The van der Waals surface area contributed by atoms with Gasteiger partial charge in [-0.15, -0.1) is 0 Å². The topological polar surface area (TPSA) is 70.2 Å². The average molecular weight is 342 g/mol. The van der Waals surface area contributed by atoms with Crippen LogP contribution in [0.25, 0.3) is 0 Å². The van der Waals surface area contributed by atoms with Crippen molar-refractivity contribution in [1.82, 2.24) is 20.4 Å². The lowest BCUT2D eigenvalue weighted by molar-refractivity contribution is 0.0768. The number of aromatic nitrogens is 2. The van der Waals surface area contributed by atoms with Gasteiger partial charge in [0.15, 0.2) is 5.69 Å². The lowest BCUT2D eigenvalue weighted by Gasteiger charge is -2.22. The number of aromatic amines is 1. The van der Waals surface area contributed by atoms with Crippen LogP contribution in [0.5, 0.6) is 5.75 Å². The minimum Gasteiger partial charge on any atom is -0.497 e. The Balaban J connectivity index is 1.59. The normalized spacial score (nSPS) is 14.7. The Morgan fingerprint density at radius 1 is 1.36 bits per heavy atom. The molecule has 0 unspecified atom stereocenters. The van der Waals surface area contributed by atoms with Gasteiger partial charge in [-0.05, 0) is 30.0 Å². The number of hydrogen-bond acceptors (Lipinski definition) is 4. The zero-order chi connectivity index (χ0) is 17.8. The van der Waals surface area contributed by atoms with Crippen LogP contribution in [-0.2, 0) is 19.4 Å². The first-order valence-electron chi connectivity index (χ1n) is 8.73. The Morgan fingerprint density at radius 2 is 2.12 bits per heavy atom. The van der Waals surface area contributed by atoms with Gasteiger partial charge in [-0.2, -0.15) is 5.10 Å². The number of ether oxygens (including phenoxy) is 1. The molecule has 2 N–H and O–H groups in total. The summed E-state index contributed by atoms with van der Waals surface area (Å²) >= 11 is 0. The Kier molecular flexibility index (Phi) is 5.38. The monoisotopic (exact) mass is 342 g/mol. The van der Waals surface area contributed by atoms with Gasteiger partial charge in [-0.3, -0.25) is 9.89 Å². The number of methoxy groups -OCH3 is 1. The van der Waals surface area contributed by atoms with Crippen LogP contribution in [0.3, 0.4) is 0 Å². The molecule has 0 saturated heterocycles. The summed E-state index contributed by atoms with van der Waals surface area (Å²) in [5.74, 6) is 1.21. The first-order valence-corrected chi connectivity index (χ1v) is 8.73. The number of carbonyl (C=O) groups is 1. The van der Waals surface area contributed by atoms with Crippen LogP contribution in [0.15, 0.2) is 24.3 Å². The van der Waals surface area contributed by atoms with E-state index in [2.05, 4.69) is 34.6 Å². The minimum atomic E-state index is -0.0113. The first-order chi connectivity index (χ1) is 12.1. The van der Waals surface area contributed by atoms with E-state index in [4.69, 9.17) is 4.74 Å². The van der Waals surface area contributed by atoms with Gasteiger partial charge in [-0.1, -0.05) is 19.1 Å². The average Bonchev–Trinajstić information content (AvgIpc) is 3.05. The zero-order valence-electron chi connectivity index (χ0n) is 15.1. The van der Waals surface area contributed by atoms with Crippen molar-refractivity contribution in [2.75, 3.05) is 27.2 Å². The second-order valence-electron chi connectivity index (χ2n) is 6.80. The molecule has 2 heterocycles. The standard InChI is InChI=1S/C19H26N4O2/c1-13(10-14-4-6-15(25-3)7-5-14)12-23(2)19(24)18-16-11-20-9-8-17(16)21-22-18/h4-7,13,20H,8-12H2,1-3H3,(H,21,22)/t13-/m1/s1. The molecule has 0 aliphatic carbocycles. The summed E-state index contributed by atoms with van der Waals surface area (Å²) < 4.78 is 5.19. The largest absolute Gasteiger partial charge is 0.497 e. The Morgan fingerprint density at radius 3 is 2.84 bits per heavy atom. The van der Waals surface area contributed by atoms with Gasteiger partial charge >= 0.3 is 0 Å². The molecule has 134 valence electrons. The van der Waals surface area contributed by atoms with Crippen molar-refractivity contribution in [3.63, 3.8) is 0 Å². The number of hydrogen-bond donors (Lipinski definition) is 2. The van der Waals surface area contributed by atoms with E-state index in [-0.39, 0.29) is 5.91 Å². The van der Waals surface area contributed by atoms with Crippen LogP contribution in [0.1, 0.15) is 34.2 Å². The molecule has 25 heavy (non-hydrogen) atoms. The molecule has 2 aromatic rings. The second kappa shape index (κ2) is 7.70. The third-order valence-electron chi connectivity index (χ3n) is 4.68. The van der Waals surface area contributed by atoms with E-state index in [1.165, 1.54) is 5.56 Å². The third-order valence-corrected chi connectivity index (χ3v) is 4.68. The van der Waals surface area contributed by atoms with Gasteiger partial charge in [0.1, 0.15) is 5.75 Å². The Labute approximate surface area is 148 Å². The van der Waals surface area contributed by atoms with Gasteiger partial charge in [-0.25, -0.2) is 0 Å². The summed E-state index contributed by atoms with van der Waals surface area (Å²) in [7, 11) is 3.52. The van der Waals surface area contributed by atoms with E-state index < -0.39 is 0 Å². The molecule has 0 spiro atoms. The predicted octanol–water partition coefficient (Wildman–Crippen LogP) is 2.01. The van der Waals surface area contributed by atoms with Crippen molar-refractivity contribution in [1.29, 1.82) is 0 Å². The van der Waals surface area contributed by atoms with Crippen molar-refractivity contribution >= 4 is 5.91 Å².